The minimum Gasteiger partial charge on any atom is -0.372 e. The summed E-state index contributed by atoms with van der Waals surface area (Å²) in [5.74, 6) is -0.683. The first-order valence-electron chi connectivity index (χ1n) is 8.00. The molecule has 0 radical (unpaired) electrons. The number of imidazole rings is 1. The molecule has 2 aromatic heterocycles. The monoisotopic (exact) mass is 324 g/mol. The number of anilines is 2. The Morgan fingerprint density at radius 1 is 1.04 bits per heavy atom. The van der Waals surface area contributed by atoms with Crippen LogP contribution in [0.25, 0.3) is 5.65 Å². The van der Waals surface area contributed by atoms with Gasteiger partial charge in [0, 0.05) is 36.9 Å². The number of aromatic nitrogens is 2. The Hall–Kier alpha value is -2.89. The maximum atomic E-state index is 13.2. The molecule has 0 aliphatic carbocycles. The Morgan fingerprint density at radius 3 is 2.54 bits per heavy atom. The van der Waals surface area contributed by atoms with Gasteiger partial charge in [0.2, 0.25) is 0 Å². The lowest BCUT2D eigenvalue weighted by atomic mass is 10.2. The number of nitrogens with one attached hydrogen (secondary N) is 1. The van der Waals surface area contributed by atoms with Gasteiger partial charge in [-0.25, -0.2) is 9.37 Å². The highest BCUT2D eigenvalue weighted by atomic mass is 19.1. The first-order valence-corrected chi connectivity index (χ1v) is 8.00. The molecular weight excluding hydrogens is 307 g/mol. The van der Waals surface area contributed by atoms with E-state index in [1.165, 1.54) is 47.5 Å². The van der Waals surface area contributed by atoms with E-state index >= 15 is 0 Å². The second-order valence-corrected chi connectivity index (χ2v) is 5.93. The van der Waals surface area contributed by atoms with E-state index in [1.807, 2.05) is 24.3 Å². The van der Waals surface area contributed by atoms with Crippen LogP contribution < -0.4 is 10.2 Å². The number of carbonyl (C=O) groups is 1. The van der Waals surface area contributed by atoms with Crippen molar-refractivity contribution >= 4 is 22.9 Å². The molecule has 1 N–H and O–H groups in total. The smallest absolute Gasteiger partial charge is 0.275 e. The molecule has 1 aliphatic rings. The molecule has 122 valence electrons. The molecule has 0 spiro atoms. The van der Waals surface area contributed by atoms with Crippen molar-refractivity contribution < 1.29 is 9.18 Å². The lowest BCUT2D eigenvalue weighted by Crippen LogP contribution is -2.17. The molecule has 6 heteroatoms. The molecular formula is C18H17FN4O. The Bertz CT molecular complexity index is 882. The number of carbonyl (C=O) groups excluding carboxylic acids is 1. The van der Waals surface area contributed by atoms with Crippen LogP contribution in [-0.4, -0.2) is 28.4 Å². The van der Waals surface area contributed by atoms with E-state index in [2.05, 4.69) is 15.2 Å². The SMILES string of the molecule is O=C(Nc1ccc(N2CCCC2)cc1)c1cn2cc(F)ccc2n1. The average molecular weight is 324 g/mol. The summed E-state index contributed by atoms with van der Waals surface area (Å²) in [6.45, 7) is 2.17. The van der Waals surface area contributed by atoms with Crippen molar-refractivity contribution in [2.75, 3.05) is 23.3 Å². The topological polar surface area (TPSA) is 49.6 Å². The van der Waals surface area contributed by atoms with Gasteiger partial charge in [-0.3, -0.25) is 4.79 Å². The Morgan fingerprint density at radius 2 is 1.79 bits per heavy atom. The largest absolute Gasteiger partial charge is 0.372 e. The minimum atomic E-state index is -0.371. The second-order valence-electron chi connectivity index (χ2n) is 5.93. The normalized spacial score (nSPS) is 14.3. The highest BCUT2D eigenvalue weighted by Crippen LogP contribution is 2.22. The Labute approximate surface area is 138 Å². The van der Waals surface area contributed by atoms with Crippen molar-refractivity contribution in [1.29, 1.82) is 0 Å². The van der Waals surface area contributed by atoms with Crippen molar-refractivity contribution in [3.05, 3.63) is 60.3 Å². The molecule has 1 aliphatic heterocycles. The third-order valence-corrected chi connectivity index (χ3v) is 4.24. The van der Waals surface area contributed by atoms with Crippen molar-refractivity contribution in [3.8, 4) is 0 Å². The molecule has 5 nitrogen and oxygen atoms in total. The molecule has 1 aromatic carbocycles. The van der Waals surface area contributed by atoms with Crippen LogP contribution >= 0.6 is 0 Å². The quantitative estimate of drug-likeness (QED) is 0.804. The van der Waals surface area contributed by atoms with Gasteiger partial charge >= 0.3 is 0 Å². The summed E-state index contributed by atoms with van der Waals surface area (Å²) in [4.78, 5) is 18.9. The van der Waals surface area contributed by atoms with Crippen LogP contribution in [0.2, 0.25) is 0 Å². The van der Waals surface area contributed by atoms with Gasteiger partial charge in [0.15, 0.2) is 0 Å². The third kappa shape index (κ3) is 2.82. The minimum absolute atomic E-state index is 0.254. The first-order chi connectivity index (χ1) is 11.7. The molecule has 0 atom stereocenters. The molecule has 3 aromatic rings. The number of benzene rings is 1. The molecule has 3 heterocycles. The summed E-state index contributed by atoms with van der Waals surface area (Å²) in [6, 6.07) is 10.7. The Kier molecular flexibility index (Phi) is 3.65. The van der Waals surface area contributed by atoms with Gasteiger partial charge in [-0.05, 0) is 49.2 Å². The number of fused-ring (bicyclic) bond motifs is 1. The van der Waals surface area contributed by atoms with E-state index in [9.17, 15) is 9.18 Å². The molecule has 24 heavy (non-hydrogen) atoms. The molecule has 0 saturated carbocycles. The van der Waals surface area contributed by atoms with Crippen LogP contribution in [0.5, 0.6) is 0 Å². The molecule has 1 fully saturated rings. The molecule has 1 amide bonds. The van der Waals surface area contributed by atoms with Gasteiger partial charge in [0.05, 0.1) is 0 Å². The van der Waals surface area contributed by atoms with Gasteiger partial charge in [0.25, 0.3) is 5.91 Å². The summed E-state index contributed by atoms with van der Waals surface area (Å²) < 4.78 is 14.7. The Balaban J connectivity index is 1.50. The van der Waals surface area contributed by atoms with Gasteiger partial charge in [-0.15, -0.1) is 0 Å². The van der Waals surface area contributed by atoms with Crippen LogP contribution in [0.1, 0.15) is 23.3 Å². The highest BCUT2D eigenvalue weighted by Gasteiger charge is 2.14. The van der Waals surface area contributed by atoms with E-state index in [1.54, 1.807) is 0 Å². The zero-order chi connectivity index (χ0) is 16.5. The van der Waals surface area contributed by atoms with Crippen LogP contribution in [0.4, 0.5) is 15.8 Å². The molecule has 0 unspecified atom stereocenters. The summed E-state index contributed by atoms with van der Waals surface area (Å²) in [5, 5.41) is 2.82. The average Bonchev–Trinajstić information content (AvgIpc) is 3.24. The van der Waals surface area contributed by atoms with E-state index in [0.717, 1.165) is 13.1 Å². The van der Waals surface area contributed by atoms with E-state index in [4.69, 9.17) is 0 Å². The van der Waals surface area contributed by atoms with Crippen molar-refractivity contribution in [2.24, 2.45) is 0 Å². The summed E-state index contributed by atoms with van der Waals surface area (Å²) in [7, 11) is 0. The maximum absolute atomic E-state index is 13.2. The predicted molar refractivity (Wildman–Crippen MR) is 91.0 cm³/mol. The fourth-order valence-electron chi connectivity index (χ4n) is 3.00. The standard InChI is InChI=1S/C18H17FN4O/c19-13-3-8-17-21-16(12-23(17)11-13)18(24)20-14-4-6-15(7-5-14)22-9-1-2-10-22/h3-8,11-12H,1-2,9-10H2,(H,20,24). The number of hydrogen-bond acceptors (Lipinski definition) is 3. The van der Waals surface area contributed by atoms with Crippen molar-refractivity contribution in [2.45, 2.75) is 12.8 Å². The highest BCUT2D eigenvalue weighted by molar-refractivity contribution is 6.03. The lowest BCUT2D eigenvalue weighted by Gasteiger charge is -2.17. The van der Waals surface area contributed by atoms with Gasteiger partial charge in [-0.1, -0.05) is 0 Å². The fraction of sp³-hybridized carbons (Fsp3) is 0.222. The summed E-state index contributed by atoms with van der Waals surface area (Å²) in [5.41, 5.74) is 2.68. The number of pyridine rings is 1. The van der Waals surface area contributed by atoms with E-state index in [-0.39, 0.29) is 17.4 Å². The lowest BCUT2D eigenvalue weighted by molar-refractivity contribution is 0.102. The summed E-state index contributed by atoms with van der Waals surface area (Å²) >= 11 is 0. The first kappa shape index (κ1) is 14.7. The number of halogens is 1. The van der Waals surface area contributed by atoms with Gasteiger partial charge in [0.1, 0.15) is 17.2 Å². The molecule has 1 saturated heterocycles. The fourth-order valence-corrected chi connectivity index (χ4v) is 3.00. The summed E-state index contributed by atoms with van der Waals surface area (Å²) in [6.07, 6.45) is 5.27. The zero-order valence-corrected chi connectivity index (χ0v) is 13.1. The van der Waals surface area contributed by atoms with Crippen molar-refractivity contribution in [3.63, 3.8) is 0 Å². The predicted octanol–water partition coefficient (Wildman–Crippen LogP) is 3.33. The van der Waals surface area contributed by atoms with Crippen molar-refractivity contribution in [1.82, 2.24) is 9.38 Å². The number of hydrogen-bond donors (Lipinski definition) is 1. The zero-order valence-electron chi connectivity index (χ0n) is 13.1. The third-order valence-electron chi connectivity index (χ3n) is 4.24. The molecule has 4 rings (SSSR count). The number of nitrogens with zero attached hydrogens (tertiary/aromatic N) is 3. The van der Waals surface area contributed by atoms with Crippen LogP contribution in [0.3, 0.4) is 0 Å². The number of amides is 1. The van der Waals surface area contributed by atoms with Crippen LogP contribution in [0, 0.1) is 5.82 Å². The second kappa shape index (κ2) is 5.96. The number of rotatable bonds is 3. The van der Waals surface area contributed by atoms with Crippen LogP contribution in [-0.2, 0) is 0 Å². The van der Waals surface area contributed by atoms with E-state index < -0.39 is 0 Å². The van der Waals surface area contributed by atoms with Gasteiger partial charge < -0.3 is 14.6 Å². The van der Waals surface area contributed by atoms with Crippen LogP contribution in [0.15, 0.2) is 48.8 Å². The maximum Gasteiger partial charge on any atom is 0.275 e. The van der Waals surface area contributed by atoms with Gasteiger partial charge in [-0.2, -0.15) is 0 Å². The molecule has 0 bridgehead atoms. The van der Waals surface area contributed by atoms with E-state index in [0.29, 0.717) is 11.3 Å².